The number of alkyl halides is 1. The minimum Gasteiger partial charge on any atom is -0.478 e. The number of hydrogen-bond acceptors (Lipinski definition) is 4. The number of hydrogen-bond donors (Lipinski definition) is 1. The lowest BCUT2D eigenvalue weighted by Gasteiger charge is -2.27. The SMILES string of the molecule is CCCOc1cc(C)nc(NCC2CCCCC2Cl)n1. The van der Waals surface area contributed by atoms with Crippen molar-refractivity contribution in [2.75, 3.05) is 18.5 Å². The molecule has 112 valence electrons. The number of rotatable bonds is 6. The number of aromatic nitrogens is 2. The van der Waals surface area contributed by atoms with Gasteiger partial charge in [0.05, 0.1) is 6.61 Å². The van der Waals surface area contributed by atoms with Crippen molar-refractivity contribution in [3.63, 3.8) is 0 Å². The zero-order valence-electron chi connectivity index (χ0n) is 12.4. The summed E-state index contributed by atoms with van der Waals surface area (Å²) in [4.78, 5) is 8.80. The zero-order chi connectivity index (χ0) is 14.4. The van der Waals surface area contributed by atoms with E-state index in [1.807, 2.05) is 13.0 Å². The first-order valence-electron chi connectivity index (χ1n) is 7.55. The molecule has 1 fully saturated rings. The average Bonchev–Trinajstić information content (AvgIpc) is 2.44. The molecule has 1 saturated carbocycles. The highest BCUT2D eigenvalue weighted by Gasteiger charge is 2.23. The Bertz CT molecular complexity index is 428. The number of ether oxygens (including phenoxy) is 1. The van der Waals surface area contributed by atoms with Crippen LogP contribution in [0.15, 0.2) is 6.07 Å². The van der Waals surface area contributed by atoms with Gasteiger partial charge in [-0.2, -0.15) is 4.98 Å². The molecule has 0 bridgehead atoms. The topological polar surface area (TPSA) is 47.0 Å². The molecular weight excluding hydrogens is 274 g/mol. The Morgan fingerprint density at radius 2 is 2.15 bits per heavy atom. The summed E-state index contributed by atoms with van der Waals surface area (Å²) in [7, 11) is 0. The molecule has 1 aliphatic rings. The van der Waals surface area contributed by atoms with Gasteiger partial charge >= 0.3 is 0 Å². The van der Waals surface area contributed by atoms with E-state index in [1.165, 1.54) is 19.3 Å². The van der Waals surface area contributed by atoms with Gasteiger partial charge in [-0.3, -0.25) is 0 Å². The predicted molar refractivity (Wildman–Crippen MR) is 82.6 cm³/mol. The first-order chi connectivity index (χ1) is 9.69. The summed E-state index contributed by atoms with van der Waals surface area (Å²) in [5.74, 6) is 1.80. The van der Waals surface area contributed by atoms with Crippen LogP contribution in [0.4, 0.5) is 5.95 Å². The van der Waals surface area contributed by atoms with Crippen molar-refractivity contribution >= 4 is 17.5 Å². The molecule has 20 heavy (non-hydrogen) atoms. The minimum absolute atomic E-state index is 0.275. The van der Waals surface area contributed by atoms with Crippen LogP contribution in [0.3, 0.4) is 0 Å². The van der Waals surface area contributed by atoms with E-state index < -0.39 is 0 Å². The van der Waals surface area contributed by atoms with Crippen molar-refractivity contribution < 1.29 is 4.74 Å². The van der Waals surface area contributed by atoms with Crippen molar-refractivity contribution in [3.05, 3.63) is 11.8 Å². The minimum atomic E-state index is 0.275. The quantitative estimate of drug-likeness (QED) is 0.812. The van der Waals surface area contributed by atoms with Crippen LogP contribution in [0.1, 0.15) is 44.7 Å². The molecule has 1 aromatic rings. The van der Waals surface area contributed by atoms with Crippen molar-refractivity contribution in [1.82, 2.24) is 9.97 Å². The second kappa shape index (κ2) is 7.67. The first kappa shape index (κ1) is 15.4. The maximum Gasteiger partial charge on any atom is 0.226 e. The summed E-state index contributed by atoms with van der Waals surface area (Å²) in [6.07, 6.45) is 5.80. The summed E-state index contributed by atoms with van der Waals surface area (Å²) in [6, 6.07) is 1.87. The molecule has 5 heteroatoms. The van der Waals surface area contributed by atoms with Crippen LogP contribution in [-0.4, -0.2) is 28.5 Å². The summed E-state index contributed by atoms with van der Waals surface area (Å²) < 4.78 is 5.57. The van der Waals surface area contributed by atoms with E-state index in [4.69, 9.17) is 16.3 Å². The molecule has 0 spiro atoms. The first-order valence-corrected chi connectivity index (χ1v) is 7.99. The zero-order valence-corrected chi connectivity index (χ0v) is 13.1. The van der Waals surface area contributed by atoms with Crippen LogP contribution in [-0.2, 0) is 0 Å². The van der Waals surface area contributed by atoms with Gasteiger partial charge in [0, 0.05) is 23.7 Å². The molecule has 2 unspecified atom stereocenters. The fourth-order valence-corrected chi connectivity index (χ4v) is 2.88. The molecule has 2 atom stereocenters. The average molecular weight is 298 g/mol. The Hall–Kier alpha value is -1.03. The fourth-order valence-electron chi connectivity index (χ4n) is 2.51. The highest BCUT2D eigenvalue weighted by molar-refractivity contribution is 6.20. The van der Waals surface area contributed by atoms with E-state index in [1.54, 1.807) is 0 Å². The van der Waals surface area contributed by atoms with E-state index in [0.29, 0.717) is 24.4 Å². The smallest absolute Gasteiger partial charge is 0.226 e. The fraction of sp³-hybridized carbons (Fsp3) is 0.733. The third-order valence-electron chi connectivity index (χ3n) is 3.62. The largest absolute Gasteiger partial charge is 0.478 e. The van der Waals surface area contributed by atoms with Crippen LogP contribution in [0.25, 0.3) is 0 Å². The van der Waals surface area contributed by atoms with Crippen LogP contribution in [0, 0.1) is 12.8 Å². The van der Waals surface area contributed by atoms with Crippen LogP contribution in [0.5, 0.6) is 5.88 Å². The highest BCUT2D eigenvalue weighted by Crippen LogP contribution is 2.28. The number of nitrogens with zero attached hydrogens (tertiary/aromatic N) is 2. The van der Waals surface area contributed by atoms with Crippen molar-refractivity contribution in [3.8, 4) is 5.88 Å². The monoisotopic (exact) mass is 297 g/mol. The number of aryl methyl sites for hydroxylation is 1. The second-order valence-corrected chi connectivity index (χ2v) is 6.02. The van der Waals surface area contributed by atoms with Crippen LogP contribution in [0.2, 0.25) is 0 Å². The maximum absolute atomic E-state index is 6.37. The Balaban J connectivity index is 1.92. The van der Waals surface area contributed by atoms with Gasteiger partial charge in [-0.25, -0.2) is 4.98 Å². The van der Waals surface area contributed by atoms with Crippen molar-refractivity contribution in [2.45, 2.75) is 51.3 Å². The van der Waals surface area contributed by atoms with Gasteiger partial charge in [-0.05, 0) is 32.1 Å². The third-order valence-corrected chi connectivity index (χ3v) is 4.20. The molecule has 0 aliphatic heterocycles. The lowest BCUT2D eigenvalue weighted by atomic mass is 9.89. The molecular formula is C15H24ClN3O. The third kappa shape index (κ3) is 4.51. The summed E-state index contributed by atoms with van der Waals surface area (Å²) in [5.41, 5.74) is 0.916. The summed E-state index contributed by atoms with van der Waals surface area (Å²) >= 11 is 6.37. The molecule has 0 aromatic carbocycles. The number of halogens is 1. The molecule has 1 aromatic heterocycles. The van der Waals surface area contributed by atoms with Gasteiger partial charge in [0.25, 0.3) is 0 Å². The molecule has 0 saturated heterocycles. The van der Waals surface area contributed by atoms with Gasteiger partial charge in [-0.1, -0.05) is 19.8 Å². The molecule has 4 nitrogen and oxygen atoms in total. The van der Waals surface area contributed by atoms with Crippen molar-refractivity contribution in [1.29, 1.82) is 0 Å². The molecule has 0 amide bonds. The molecule has 1 heterocycles. The number of nitrogens with one attached hydrogen (secondary N) is 1. The van der Waals surface area contributed by atoms with Gasteiger partial charge in [0.2, 0.25) is 11.8 Å². The van der Waals surface area contributed by atoms with Gasteiger partial charge in [0.15, 0.2) is 0 Å². The summed E-state index contributed by atoms with van der Waals surface area (Å²) in [5, 5.41) is 3.59. The van der Waals surface area contributed by atoms with Crippen LogP contribution < -0.4 is 10.1 Å². The van der Waals surface area contributed by atoms with E-state index >= 15 is 0 Å². The van der Waals surface area contributed by atoms with E-state index in [9.17, 15) is 0 Å². The van der Waals surface area contributed by atoms with Crippen molar-refractivity contribution in [2.24, 2.45) is 5.92 Å². The van der Waals surface area contributed by atoms with E-state index in [-0.39, 0.29) is 5.38 Å². The Kier molecular flexibility index (Phi) is 5.89. The van der Waals surface area contributed by atoms with Gasteiger partial charge in [-0.15, -0.1) is 11.6 Å². The van der Waals surface area contributed by atoms with E-state index in [2.05, 4.69) is 22.2 Å². The molecule has 1 aliphatic carbocycles. The number of anilines is 1. The molecule has 1 N–H and O–H groups in total. The Morgan fingerprint density at radius 3 is 2.90 bits per heavy atom. The summed E-state index contributed by atoms with van der Waals surface area (Å²) in [6.45, 7) is 5.56. The Morgan fingerprint density at radius 1 is 1.35 bits per heavy atom. The Labute approximate surface area is 126 Å². The molecule has 0 radical (unpaired) electrons. The van der Waals surface area contributed by atoms with Gasteiger partial charge in [0.1, 0.15) is 0 Å². The van der Waals surface area contributed by atoms with Gasteiger partial charge < -0.3 is 10.1 Å². The van der Waals surface area contributed by atoms with Crippen LogP contribution >= 0.6 is 11.6 Å². The maximum atomic E-state index is 6.37. The second-order valence-electron chi connectivity index (χ2n) is 5.46. The standard InChI is InChI=1S/C15H24ClN3O/c1-3-8-20-14-9-11(2)18-15(19-14)17-10-12-6-4-5-7-13(12)16/h9,12-13H,3-8,10H2,1-2H3,(H,17,18,19). The lowest BCUT2D eigenvalue weighted by Crippen LogP contribution is -2.27. The normalized spacial score (nSPS) is 22.6. The molecule has 2 rings (SSSR count). The van der Waals surface area contributed by atoms with E-state index in [0.717, 1.165) is 25.1 Å². The highest BCUT2D eigenvalue weighted by atomic mass is 35.5. The lowest BCUT2D eigenvalue weighted by molar-refractivity contribution is 0.304. The predicted octanol–water partition coefficient (Wildman–Crippen LogP) is 3.78.